The van der Waals surface area contributed by atoms with E-state index in [0.29, 0.717) is 36.5 Å². The van der Waals surface area contributed by atoms with Gasteiger partial charge in [-0.15, -0.1) is 0 Å². The average molecular weight is 454 g/mol. The smallest absolute Gasteiger partial charge is 0.414 e. The van der Waals surface area contributed by atoms with Gasteiger partial charge in [0.1, 0.15) is 6.10 Å². The second-order valence-electron chi connectivity index (χ2n) is 8.89. The molecule has 0 aromatic heterocycles. The molecule has 1 unspecified atom stereocenters. The van der Waals surface area contributed by atoms with E-state index < -0.39 is 6.09 Å². The number of anilines is 2. The summed E-state index contributed by atoms with van der Waals surface area (Å²) in [5, 5.41) is 2.80. The molecule has 0 radical (unpaired) electrons. The van der Waals surface area contributed by atoms with Crippen LogP contribution in [0, 0.1) is 0 Å². The Hall–Kier alpha value is -3.36. The maximum Gasteiger partial charge on any atom is 0.414 e. The van der Waals surface area contributed by atoms with Gasteiger partial charge in [0.05, 0.1) is 23.5 Å². The number of nitrogens with one attached hydrogen (secondary N) is 1. The molecule has 9 nitrogen and oxygen atoms in total. The highest BCUT2D eigenvalue weighted by Gasteiger charge is 2.36. The van der Waals surface area contributed by atoms with E-state index in [0.717, 1.165) is 31.2 Å². The van der Waals surface area contributed by atoms with Gasteiger partial charge in [-0.1, -0.05) is 6.07 Å². The molecule has 4 rings (SSSR count). The summed E-state index contributed by atoms with van der Waals surface area (Å²) in [6, 6.07) is 5.27. The lowest BCUT2D eigenvalue weighted by Crippen LogP contribution is -2.52. The number of aliphatic imine (C=N–C) groups is 1. The molecule has 2 fully saturated rings. The second-order valence-corrected chi connectivity index (χ2v) is 8.89. The first kappa shape index (κ1) is 22.8. The number of hydrogen-bond acceptors (Lipinski definition) is 6. The minimum absolute atomic E-state index is 0.00507. The Morgan fingerprint density at radius 1 is 1.24 bits per heavy atom. The molecule has 0 bridgehead atoms. The van der Waals surface area contributed by atoms with Crippen molar-refractivity contribution in [3.8, 4) is 0 Å². The molecule has 2 atom stereocenters. The molecule has 1 saturated heterocycles. The fourth-order valence-corrected chi connectivity index (χ4v) is 4.45. The standard InChI is InChI=1S/C24H31N5O4/c1-15-14-28(24(32)33-20-4-3-5-20)22-10-17(6-7-21(22)29(15)16(2)30)18(12-25)13-27-19-8-9-26-23(31)11-19/h6-7,10,12-13,15,19-20H,3-5,8-9,11,14,25H2,1-2H3,(H,26,31)/t15-,19?/m0/s1. The summed E-state index contributed by atoms with van der Waals surface area (Å²) in [4.78, 5) is 44.9. The van der Waals surface area contributed by atoms with Gasteiger partial charge in [0.15, 0.2) is 0 Å². The summed E-state index contributed by atoms with van der Waals surface area (Å²) in [5.74, 6) is -0.0928. The first-order valence-electron chi connectivity index (χ1n) is 11.5. The average Bonchev–Trinajstić information content (AvgIpc) is 2.75. The Bertz CT molecular complexity index is 1000. The monoisotopic (exact) mass is 453 g/mol. The number of benzene rings is 1. The van der Waals surface area contributed by atoms with Crippen LogP contribution in [-0.2, 0) is 14.3 Å². The zero-order valence-electron chi connectivity index (χ0n) is 19.1. The van der Waals surface area contributed by atoms with Crippen LogP contribution in [0.1, 0.15) is 51.5 Å². The van der Waals surface area contributed by atoms with Gasteiger partial charge in [0.25, 0.3) is 0 Å². The number of carbonyl (C=O) groups excluding carboxylic acids is 3. The second kappa shape index (κ2) is 9.64. The molecular formula is C24H31N5O4. The summed E-state index contributed by atoms with van der Waals surface area (Å²) in [6.07, 6.45) is 6.67. The molecule has 2 heterocycles. The van der Waals surface area contributed by atoms with Crippen molar-refractivity contribution in [1.29, 1.82) is 0 Å². The number of fused-ring (bicyclic) bond motifs is 1. The van der Waals surface area contributed by atoms with Gasteiger partial charge < -0.3 is 20.7 Å². The van der Waals surface area contributed by atoms with Crippen LogP contribution in [0.15, 0.2) is 29.4 Å². The van der Waals surface area contributed by atoms with Crippen molar-refractivity contribution in [3.63, 3.8) is 0 Å². The molecule has 3 aliphatic rings. The summed E-state index contributed by atoms with van der Waals surface area (Å²) < 4.78 is 5.67. The van der Waals surface area contributed by atoms with Crippen LogP contribution in [0.3, 0.4) is 0 Å². The summed E-state index contributed by atoms with van der Waals surface area (Å²) in [6.45, 7) is 4.39. The molecular weight excluding hydrogens is 422 g/mol. The van der Waals surface area contributed by atoms with Crippen molar-refractivity contribution >= 4 is 41.1 Å². The Labute approximate surface area is 193 Å². The fraction of sp³-hybridized carbons (Fsp3) is 0.500. The minimum atomic E-state index is -0.395. The molecule has 3 N–H and O–H groups in total. The normalized spacial score (nSPS) is 23.7. The molecule has 1 aliphatic carbocycles. The number of carbonyl (C=O) groups is 3. The van der Waals surface area contributed by atoms with Crippen LogP contribution in [0.25, 0.3) is 5.57 Å². The van der Waals surface area contributed by atoms with E-state index in [1.807, 2.05) is 25.1 Å². The van der Waals surface area contributed by atoms with E-state index in [1.165, 1.54) is 13.1 Å². The summed E-state index contributed by atoms with van der Waals surface area (Å²) in [7, 11) is 0. The van der Waals surface area contributed by atoms with E-state index in [2.05, 4.69) is 10.3 Å². The van der Waals surface area contributed by atoms with Crippen LogP contribution in [-0.4, -0.2) is 55.4 Å². The van der Waals surface area contributed by atoms with Crippen molar-refractivity contribution in [2.75, 3.05) is 22.9 Å². The third-order valence-corrected chi connectivity index (χ3v) is 6.45. The number of hydrogen-bond donors (Lipinski definition) is 2. The number of rotatable bonds is 4. The van der Waals surface area contributed by atoms with Crippen LogP contribution < -0.4 is 20.9 Å². The number of nitrogens with two attached hydrogens (primary N) is 1. The van der Waals surface area contributed by atoms with Crippen LogP contribution in [0.4, 0.5) is 16.2 Å². The molecule has 1 aromatic carbocycles. The highest BCUT2D eigenvalue weighted by atomic mass is 16.6. The lowest BCUT2D eigenvalue weighted by atomic mass is 9.96. The first-order chi connectivity index (χ1) is 15.9. The van der Waals surface area contributed by atoms with E-state index in [1.54, 1.807) is 16.0 Å². The van der Waals surface area contributed by atoms with Crippen LogP contribution in [0.5, 0.6) is 0 Å². The summed E-state index contributed by atoms with van der Waals surface area (Å²) in [5.41, 5.74) is 8.61. The number of amides is 3. The van der Waals surface area contributed by atoms with Gasteiger partial charge in [-0.2, -0.15) is 0 Å². The lowest BCUT2D eigenvalue weighted by molar-refractivity contribution is -0.122. The molecule has 176 valence electrons. The van der Waals surface area contributed by atoms with Crippen molar-refractivity contribution in [1.82, 2.24) is 5.32 Å². The van der Waals surface area contributed by atoms with Crippen molar-refractivity contribution in [3.05, 3.63) is 30.0 Å². The van der Waals surface area contributed by atoms with E-state index >= 15 is 0 Å². The van der Waals surface area contributed by atoms with Gasteiger partial charge in [-0.25, -0.2) is 4.79 Å². The van der Waals surface area contributed by atoms with Crippen LogP contribution in [0.2, 0.25) is 0 Å². The van der Waals surface area contributed by atoms with E-state index in [9.17, 15) is 14.4 Å². The molecule has 33 heavy (non-hydrogen) atoms. The van der Waals surface area contributed by atoms with Gasteiger partial charge >= 0.3 is 6.09 Å². The maximum atomic E-state index is 13.0. The predicted octanol–water partition coefficient (Wildman–Crippen LogP) is 2.59. The van der Waals surface area contributed by atoms with Gasteiger partial charge in [0, 0.05) is 44.4 Å². The van der Waals surface area contributed by atoms with Crippen LogP contribution >= 0.6 is 0 Å². The third kappa shape index (κ3) is 4.86. The number of ether oxygens (including phenoxy) is 1. The zero-order valence-corrected chi connectivity index (χ0v) is 19.1. The number of nitrogens with zero attached hydrogens (tertiary/aromatic N) is 3. The van der Waals surface area contributed by atoms with Crippen molar-refractivity contribution in [2.45, 2.75) is 64.1 Å². The topological polar surface area (TPSA) is 117 Å². The molecule has 2 aliphatic heterocycles. The Kier molecular flexibility index (Phi) is 6.67. The van der Waals surface area contributed by atoms with Gasteiger partial charge in [-0.05, 0) is 50.3 Å². The largest absolute Gasteiger partial charge is 0.446 e. The van der Waals surface area contributed by atoms with E-state index in [4.69, 9.17) is 10.5 Å². The molecule has 3 amide bonds. The predicted molar refractivity (Wildman–Crippen MR) is 127 cm³/mol. The Morgan fingerprint density at radius 3 is 2.67 bits per heavy atom. The fourth-order valence-electron chi connectivity index (χ4n) is 4.45. The Morgan fingerprint density at radius 2 is 2.03 bits per heavy atom. The molecule has 0 spiro atoms. The zero-order chi connectivity index (χ0) is 23.5. The number of piperidine rings is 1. The quantitative estimate of drug-likeness (QED) is 0.680. The highest BCUT2D eigenvalue weighted by Crippen LogP contribution is 2.38. The van der Waals surface area contributed by atoms with Gasteiger partial charge in [-0.3, -0.25) is 19.5 Å². The van der Waals surface area contributed by atoms with Gasteiger partial charge in [0.2, 0.25) is 11.8 Å². The van der Waals surface area contributed by atoms with Crippen molar-refractivity contribution in [2.24, 2.45) is 10.7 Å². The first-order valence-corrected chi connectivity index (χ1v) is 11.5. The molecule has 9 heteroatoms. The molecule has 1 aromatic rings. The van der Waals surface area contributed by atoms with Crippen molar-refractivity contribution < 1.29 is 19.1 Å². The Balaban J connectivity index is 1.64. The maximum absolute atomic E-state index is 13.0. The third-order valence-electron chi connectivity index (χ3n) is 6.45. The lowest BCUT2D eigenvalue weighted by Gasteiger charge is -2.41. The van der Waals surface area contributed by atoms with E-state index in [-0.39, 0.29) is 30.0 Å². The SMILES string of the molecule is CC(=O)N1c2ccc(C(C=NC3CCNC(=O)C3)=CN)cc2N(C(=O)OC2CCC2)C[C@@H]1C. The highest BCUT2D eigenvalue weighted by molar-refractivity contribution is 6.11. The minimum Gasteiger partial charge on any atom is -0.446 e. The molecule has 1 saturated carbocycles. The number of allylic oxidation sites excluding steroid dienone is 1. The summed E-state index contributed by atoms with van der Waals surface area (Å²) >= 11 is 0.